The van der Waals surface area contributed by atoms with Crippen LogP contribution < -0.4 is 16.1 Å². The number of ether oxygens (including phenoxy) is 2. The summed E-state index contributed by atoms with van der Waals surface area (Å²) in [4.78, 5) is 15.1. The average Bonchev–Trinajstić information content (AvgIpc) is 3.33. The van der Waals surface area contributed by atoms with Crippen LogP contribution in [0.1, 0.15) is 56.5 Å². The standard InChI is InChI=1S/C29H34BN3O3S/c1-17-8-10-20(32-21-15-33(16-21)28(34)36-29(3,4)5)14-22(17)26-27(35-26)31-18(2)19-9-11-24(30)23(13-19)25-7-6-12-37-25/h6-14,18,21,26-27,31-32H,15-16H2,1-5H3/t18-,26?,27?/m1/s1. The van der Waals surface area contributed by atoms with Crippen molar-refractivity contribution >= 4 is 36.4 Å². The molecule has 2 fully saturated rings. The van der Waals surface area contributed by atoms with Crippen LogP contribution >= 0.6 is 11.3 Å². The van der Waals surface area contributed by atoms with Gasteiger partial charge in [-0.3, -0.25) is 5.32 Å². The van der Waals surface area contributed by atoms with Crippen molar-refractivity contribution < 1.29 is 14.3 Å². The lowest BCUT2D eigenvalue weighted by molar-refractivity contribution is 0.0105. The molecule has 8 heteroatoms. The van der Waals surface area contributed by atoms with Gasteiger partial charge in [-0.1, -0.05) is 29.7 Å². The second-order valence-corrected chi connectivity index (χ2v) is 11.9. The molecular weight excluding hydrogens is 481 g/mol. The molecule has 0 saturated carbocycles. The molecule has 1 amide bonds. The molecule has 2 saturated heterocycles. The first-order chi connectivity index (χ1) is 17.6. The van der Waals surface area contributed by atoms with Crippen LogP contribution in [0.4, 0.5) is 10.5 Å². The average molecular weight is 515 g/mol. The summed E-state index contributed by atoms with van der Waals surface area (Å²) in [5.41, 5.74) is 5.98. The topological polar surface area (TPSA) is 66.1 Å². The van der Waals surface area contributed by atoms with E-state index in [0.717, 1.165) is 16.7 Å². The molecule has 3 aromatic rings. The maximum absolute atomic E-state index is 12.2. The summed E-state index contributed by atoms with van der Waals surface area (Å²) in [5, 5.41) is 9.23. The highest BCUT2D eigenvalue weighted by Crippen LogP contribution is 2.41. The van der Waals surface area contributed by atoms with Gasteiger partial charge in [0, 0.05) is 29.7 Å². The van der Waals surface area contributed by atoms with Gasteiger partial charge < -0.3 is 19.7 Å². The Kier molecular flexibility index (Phi) is 7.09. The Morgan fingerprint density at radius 2 is 1.97 bits per heavy atom. The number of nitrogens with one attached hydrogen (secondary N) is 2. The maximum Gasteiger partial charge on any atom is 0.410 e. The predicted octanol–water partition coefficient (Wildman–Crippen LogP) is 5.30. The van der Waals surface area contributed by atoms with Crippen molar-refractivity contribution in [1.29, 1.82) is 0 Å². The van der Waals surface area contributed by atoms with E-state index in [-0.39, 0.29) is 30.5 Å². The first kappa shape index (κ1) is 25.8. The number of carbonyl (C=O) groups is 1. The van der Waals surface area contributed by atoms with Gasteiger partial charge in [-0.15, -0.1) is 11.3 Å². The molecule has 2 aliphatic rings. The molecule has 3 heterocycles. The quantitative estimate of drug-likeness (QED) is 0.331. The lowest BCUT2D eigenvalue weighted by Crippen LogP contribution is -2.57. The third kappa shape index (κ3) is 6.03. The molecule has 2 N–H and O–H groups in total. The summed E-state index contributed by atoms with van der Waals surface area (Å²) in [6.45, 7) is 11.2. The number of hydrogen-bond acceptors (Lipinski definition) is 6. The van der Waals surface area contributed by atoms with Crippen LogP contribution in [0.3, 0.4) is 0 Å². The molecule has 2 aliphatic heterocycles. The second-order valence-electron chi connectivity index (χ2n) is 11.0. The first-order valence-electron chi connectivity index (χ1n) is 12.8. The summed E-state index contributed by atoms with van der Waals surface area (Å²) in [5.74, 6) is 0. The largest absolute Gasteiger partial charge is 0.444 e. The van der Waals surface area contributed by atoms with Crippen molar-refractivity contribution in [3.63, 3.8) is 0 Å². The number of hydrogen-bond donors (Lipinski definition) is 2. The number of epoxide rings is 1. The predicted molar refractivity (Wildman–Crippen MR) is 151 cm³/mol. The summed E-state index contributed by atoms with van der Waals surface area (Å²) in [6.07, 6.45) is -0.291. The molecule has 192 valence electrons. The molecule has 2 radical (unpaired) electrons. The highest BCUT2D eigenvalue weighted by molar-refractivity contribution is 7.13. The highest BCUT2D eigenvalue weighted by Gasteiger charge is 2.42. The van der Waals surface area contributed by atoms with E-state index in [9.17, 15) is 4.79 Å². The van der Waals surface area contributed by atoms with E-state index in [0.29, 0.717) is 13.1 Å². The lowest BCUT2D eigenvalue weighted by atomic mass is 9.87. The Bertz CT molecular complexity index is 1270. The molecule has 3 atom stereocenters. The SMILES string of the molecule is [B]c1ccc([C@@H](C)NC2OC2c2cc(NC3CN(C(=O)OC(C)(C)C)C3)ccc2C)cc1-c1cccs1. The molecule has 37 heavy (non-hydrogen) atoms. The lowest BCUT2D eigenvalue weighted by Gasteiger charge is -2.40. The fourth-order valence-corrected chi connectivity index (χ4v) is 5.39. The van der Waals surface area contributed by atoms with Crippen LogP contribution in [0, 0.1) is 6.92 Å². The Hall–Kier alpha value is -2.81. The zero-order valence-corrected chi connectivity index (χ0v) is 22.9. The number of aryl methyl sites for hydroxylation is 1. The van der Waals surface area contributed by atoms with Crippen molar-refractivity contribution in [1.82, 2.24) is 10.2 Å². The second kappa shape index (κ2) is 10.2. The van der Waals surface area contributed by atoms with Crippen molar-refractivity contribution in [3.05, 3.63) is 70.6 Å². The minimum atomic E-state index is -0.478. The third-order valence-electron chi connectivity index (χ3n) is 6.76. The fraction of sp³-hybridized carbons (Fsp3) is 0.414. The van der Waals surface area contributed by atoms with E-state index < -0.39 is 5.60 Å². The van der Waals surface area contributed by atoms with Gasteiger partial charge in [0.25, 0.3) is 0 Å². The van der Waals surface area contributed by atoms with Crippen molar-refractivity contribution in [2.45, 2.75) is 64.6 Å². The van der Waals surface area contributed by atoms with Gasteiger partial charge in [-0.05, 0) is 86.5 Å². The van der Waals surface area contributed by atoms with Gasteiger partial charge in [0.2, 0.25) is 0 Å². The maximum atomic E-state index is 12.2. The molecule has 6 nitrogen and oxygen atoms in total. The normalized spacial score (nSPS) is 20.3. The van der Waals surface area contributed by atoms with Gasteiger partial charge in [0.05, 0.1) is 6.04 Å². The van der Waals surface area contributed by atoms with E-state index in [1.54, 1.807) is 16.2 Å². The van der Waals surface area contributed by atoms with Gasteiger partial charge in [-0.25, -0.2) is 4.79 Å². The number of amides is 1. The van der Waals surface area contributed by atoms with Crippen molar-refractivity contribution in [2.75, 3.05) is 18.4 Å². The first-order valence-corrected chi connectivity index (χ1v) is 13.6. The molecule has 1 aromatic heterocycles. The molecule has 0 bridgehead atoms. The van der Waals surface area contributed by atoms with E-state index in [1.165, 1.54) is 21.6 Å². The minimum Gasteiger partial charge on any atom is -0.444 e. The minimum absolute atomic E-state index is 0.00870. The third-order valence-corrected chi connectivity index (χ3v) is 7.66. The molecule has 2 unspecified atom stereocenters. The Labute approximate surface area is 224 Å². The number of carbonyl (C=O) groups excluding carboxylic acids is 1. The van der Waals surface area contributed by atoms with Crippen LogP contribution in [0.15, 0.2) is 53.9 Å². The molecular formula is C29H34BN3O3S. The van der Waals surface area contributed by atoms with Gasteiger partial charge in [0.15, 0.2) is 0 Å². The van der Waals surface area contributed by atoms with E-state index >= 15 is 0 Å². The Morgan fingerprint density at radius 1 is 1.19 bits per heavy atom. The molecule has 2 aromatic carbocycles. The number of benzene rings is 2. The fourth-order valence-electron chi connectivity index (χ4n) is 4.62. The van der Waals surface area contributed by atoms with Crippen LogP contribution in [-0.4, -0.2) is 49.8 Å². The molecule has 0 spiro atoms. The van der Waals surface area contributed by atoms with Crippen LogP contribution in [-0.2, 0) is 9.47 Å². The van der Waals surface area contributed by atoms with Gasteiger partial charge in [0.1, 0.15) is 25.8 Å². The van der Waals surface area contributed by atoms with E-state index in [4.69, 9.17) is 17.3 Å². The number of rotatable bonds is 7. The number of anilines is 1. The summed E-state index contributed by atoms with van der Waals surface area (Å²) in [6, 6.07) is 17.1. The van der Waals surface area contributed by atoms with Crippen molar-refractivity contribution in [2.24, 2.45) is 0 Å². The van der Waals surface area contributed by atoms with Gasteiger partial charge >= 0.3 is 6.09 Å². The zero-order chi connectivity index (χ0) is 26.3. The smallest absolute Gasteiger partial charge is 0.410 e. The Balaban J connectivity index is 1.17. The summed E-state index contributed by atoms with van der Waals surface area (Å²) < 4.78 is 11.5. The van der Waals surface area contributed by atoms with E-state index in [2.05, 4.69) is 66.3 Å². The zero-order valence-electron chi connectivity index (χ0n) is 22.1. The van der Waals surface area contributed by atoms with Crippen LogP contribution in [0.5, 0.6) is 0 Å². The molecule has 5 rings (SSSR count). The molecule has 0 aliphatic carbocycles. The number of thiophene rings is 1. The number of likely N-dealkylation sites (tertiary alicyclic amines) is 1. The Morgan fingerprint density at radius 3 is 2.68 bits per heavy atom. The van der Waals surface area contributed by atoms with Crippen LogP contribution in [0.2, 0.25) is 0 Å². The number of nitrogens with zero attached hydrogens (tertiary/aromatic N) is 1. The highest BCUT2D eigenvalue weighted by atomic mass is 32.1. The van der Waals surface area contributed by atoms with Gasteiger partial charge in [-0.2, -0.15) is 0 Å². The monoisotopic (exact) mass is 515 g/mol. The summed E-state index contributed by atoms with van der Waals surface area (Å²) >= 11 is 1.69. The van der Waals surface area contributed by atoms with Crippen LogP contribution in [0.25, 0.3) is 10.4 Å². The van der Waals surface area contributed by atoms with E-state index in [1.807, 2.05) is 32.9 Å². The van der Waals surface area contributed by atoms with Crippen molar-refractivity contribution in [3.8, 4) is 10.4 Å². The summed E-state index contributed by atoms with van der Waals surface area (Å²) in [7, 11) is 6.25.